The Hall–Kier alpha value is -0.840. The van der Waals surface area contributed by atoms with Crippen LogP contribution in [0.1, 0.15) is 11.3 Å². The molecule has 0 aromatic carbocycles. The van der Waals surface area contributed by atoms with Crippen LogP contribution in [0.25, 0.3) is 0 Å². The minimum Gasteiger partial charge on any atom is -0.260 e. The van der Waals surface area contributed by atoms with Gasteiger partial charge in [-0.25, -0.2) is 0 Å². The van der Waals surface area contributed by atoms with Gasteiger partial charge in [-0.3, -0.25) is 4.98 Å². The summed E-state index contributed by atoms with van der Waals surface area (Å²) in [4.78, 5) is 3.55. The van der Waals surface area contributed by atoms with Crippen molar-refractivity contribution in [3.63, 3.8) is 0 Å². The normalized spacial score (nSPS) is 11.1. The minimum absolute atomic E-state index is 0.0651. The lowest BCUT2D eigenvalue weighted by Gasteiger charge is -2.11. The van der Waals surface area contributed by atoms with Crippen LogP contribution in [-0.4, -0.2) is 4.98 Å². The summed E-state index contributed by atoms with van der Waals surface area (Å²) in [7, 11) is 0. The van der Waals surface area contributed by atoms with Crippen LogP contribution in [0.3, 0.4) is 0 Å². The number of nitrogens with zero attached hydrogens (tertiary/aromatic N) is 2. The van der Waals surface area contributed by atoms with Gasteiger partial charge in [-0.1, -0.05) is 0 Å². The fraction of sp³-hybridized carbons (Fsp3) is 0.250. The molecule has 74 valence electrons. The van der Waals surface area contributed by atoms with E-state index in [9.17, 15) is 13.2 Å². The molecule has 0 atom stereocenters. The monoisotopic (exact) mass is 312 g/mol. The summed E-state index contributed by atoms with van der Waals surface area (Å²) < 4.78 is 37.5. The average molecular weight is 312 g/mol. The van der Waals surface area contributed by atoms with Gasteiger partial charge in [0.1, 0.15) is 0 Å². The fourth-order valence-electron chi connectivity index (χ4n) is 0.986. The molecular formula is C8H4F3IN2. The highest BCUT2D eigenvalue weighted by Crippen LogP contribution is 2.34. The van der Waals surface area contributed by atoms with Crippen LogP contribution in [-0.2, 0) is 12.6 Å². The number of nitriles is 1. The van der Waals surface area contributed by atoms with E-state index in [0.29, 0.717) is 0 Å². The Balaban J connectivity index is 3.31. The van der Waals surface area contributed by atoms with Gasteiger partial charge in [0, 0.05) is 9.77 Å². The number of rotatable bonds is 1. The maximum Gasteiger partial charge on any atom is 0.419 e. The zero-order valence-corrected chi connectivity index (χ0v) is 8.93. The fourth-order valence-corrected chi connectivity index (χ4v) is 1.76. The molecule has 1 rings (SSSR count). The van der Waals surface area contributed by atoms with Gasteiger partial charge in [0.25, 0.3) is 0 Å². The van der Waals surface area contributed by atoms with Crippen molar-refractivity contribution < 1.29 is 13.2 Å². The first-order valence-electron chi connectivity index (χ1n) is 3.54. The molecule has 0 N–H and O–H groups in total. The Morgan fingerprint density at radius 1 is 1.50 bits per heavy atom. The number of hydrogen-bond donors (Lipinski definition) is 0. The zero-order chi connectivity index (χ0) is 10.8. The van der Waals surface area contributed by atoms with Gasteiger partial charge in [-0.15, -0.1) is 0 Å². The molecule has 0 unspecified atom stereocenters. The van der Waals surface area contributed by atoms with Crippen LogP contribution >= 0.6 is 22.6 Å². The molecule has 0 aliphatic rings. The molecule has 0 bridgehead atoms. The molecule has 0 fully saturated rings. The first-order valence-corrected chi connectivity index (χ1v) is 4.62. The molecule has 14 heavy (non-hydrogen) atoms. The highest BCUT2D eigenvalue weighted by molar-refractivity contribution is 14.1. The summed E-state index contributed by atoms with van der Waals surface area (Å²) in [6, 6.07) is 2.93. The number of aromatic nitrogens is 1. The first-order chi connectivity index (χ1) is 6.46. The smallest absolute Gasteiger partial charge is 0.260 e. The number of alkyl halides is 3. The van der Waals surface area contributed by atoms with E-state index in [4.69, 9.17) is 5.26 Å². The van der Waals surface area contributed by atoms with Gasteiger partial charge >= 0.3 is 6.18 Å². The summed E-state index contributed by atoms with van der Waals surface area (Å²) in [6.07, 6.45) is -3.51. The molecule has 1 aromatic heterocycles. The van der Waals surface area contributed by atoms with E-state index >= 15 is 0 Å². The van der Waals surface area contributed by atoms with E-state index in [0.717, 1.165) is 0 Å². The predicted molar refractivity (Wildman–Crippen MR) is 51.3 cm³/mol. The zero-order valence-electron chi connectivity index (χ0n) is 6.77. The number of halogens is 4. The Labute approximate surface area is 91.9 Å². The molecule has 0 saturated heterocycles. The quantitative estimate of drug-likeness (QED) is 0.748. The summed E-state index contributed by atoms with van der Waals surface area (Å²) in [5.74, 6) is 0. The summed E-state index contributed by atoms with van der Waals surface area (Å²) in [6.45, 7) is 0. The highest BCUT2D eigenvalue weighted by atomic mass is 127. The molecule has 0 saturated carbocycles. The second-order valence-corrected chi connectivity index (χ2v) is 3.61. The van der Waals surface area contributed by atoms with E-state index in [-0.39, 0.29) is 15.7 Å². The number of pyridine rings is 1. The molecule has 1 aromatic rings. The maximum atomic E-state index is 12.5. The third-order valence-corrected chi connectivity index (χ3v) is 2.41. The van der Waals surface area contributed by atoms with Crippen molar-refractivity contribution in [3.05, 3.63) is 27.1 Å². The molecule has 0 radical (unpaired) electrons. The van der Waals surface area contributed by atoms with Gasteiger partial charge < -0.3 is 0 Å². The van der Waals surface area contributed by atoms with Crippen LogP contribution in [0.15, 0.2) is 12.3 Å². The Kier molecular flexibility index (Phi) is 3.31. The second kappa shape index (κ2) is 4.13. The number of hydrogen-bond acceptors (Lipinski definition) is 2. The van der Waals surface area contributed by atoms with Gasteiger partial charge in [0.05, 0.1) is 23.7 Å². The van der Waals surface area contributed by atoms with E-state index in [1.807, 2.05) is 0 Å². The Bertz CT molecular complexity index is 381. The van der Waals surface area contributed by atoms with Crippen LogP contribution in [0.5, 0.6) is 0 Å². The molecule has 0 spiro atoms. The first kappa shape index (κ1) is 11.2. The third-order valence-electron chi connectivity index (χ3n) is 1.51. The van der Waals surface area contributed by atoms with E-state index in [1.165, 1.54) is 12.3 Å². The van der Waals surface area contributed by atoms with E-state index in [1.54, 1.807) is 28.7 Å². The minimum atomic E-state index is -4.45. The standard InChI is InChI=1S/C8H4F3IN2/c9-8(10,11)7-5(12)2-4-14-6(7)1-3-13/h2,4H,1H2. The summed E-state index contributed by atoms with van der Waals surface area (Å²) in [5.41, 5.74) is -1.02. The maximum absolute atomic E-state index is 12.5. The summed E-state index contributed by atoms with van der Waals surface area (Å²) >= 11 is 1.58. The van der Waals surface area contributed by atoms with Crippen molar-refractivity contribution in [2.45, 2.75) is 12.6 Å². The average Bonchev–Trinajstić information content (AvgIpc) is 2.02. The van der Waals surface area contributed by atoms with Crippen LogP contribution < -0.4 is 0 Å². The predicted octanol–water partition coefficient (Wildman–Crippen LogP) is 2.77. The topological polar surface area (TPSA) is 36.7 Å². The van der Waals surface area contributed by atoms with Crippen LogP contribution in [0.4, 0.5) is 13.2 Å². The van der Waals surface area contributed by atoms with Gasteiger partial charge in [-0.05, 0) is 28.7 Å². The molecular weight excluding hydrogens is 308 g/mol. The van der Waals surface area contributed by atoms with Crippen molar-refractivity contribution in [1.29, 1.82) is 5.26 Å². The lowest BCUT2D eigenvalue weighted by atomic mass is 10.1. The SMILES string of the molecule is N#CCc1nccc(I)c1C(F)(F)F. The second-order valence-electron chi connectivity index (χ2n) is 2.45. The molecule has 0 amide bonds. The van der Waals surface area contributed by atoms with Gasteiger partial charge in [0.15, 0.2) is 0 Å². The third kappa shape index (κ3) is 2.35. The Morgan fingerprint density at radius 2 is 2.14 bits per heavy atom. The molecule has 2 nitrogen and oxygen atoms in total. The van der Waals surface area contributed by atoms with Gasteiger partial charge in [0.2, 0.25) is 0 Å². The van der Waals surface area contributed by atoms with E-state index < -0.39 is 11.7 Å². The van der Waals surface area contributed by atoms with Crippen molar-refractivity contribution in [3.8, 4) is 6.07 Å². The summed E-state index contributed by atoms with van der Waals surface area (Å²) in [5, 5.41) is 8.34. The van der Waals surface area contributed by atoms with Crippen molar-refractivity contribution in [2.24, 2.45) is 0 Å². The van der Waals surface area contributed by atoms with Crippen LogP contribution in [0.2, 0.25) is 0 Å². The van der Waals surface area contributed by atoms with Crippen molar-refractivity contribution >= 4 is 22.6 Å². The van der Waals surface area contributed by atoms with Gasteiger partial charge in [-0.2, -0.15) is 18.4 Å². The molecule has 6 heteroatoms. The lowest BCUT2D eigenvalue weighted by molar-refractivity contribution is -0.139. The molecule has 0 aliphatic heterocycles. The van der Waals surface area contributed by atoms with Crippen molar-refractivity contribution in [1.82, 2.24) is 4.98 Å². The van der Waals surface area contributed by atoms with Crippen molar-refractivity contribution in [2.75, 3.05) is 0 Å². The molecule has 0 aliphatic carbocycles. The Morgan fingerprint density at radius 3 is 2.64 bits per heavy atom. The van der Waals surface area contributed by atoms with E-state index in [2.05, 4.69) is 4.98 Å². The van der Waals surface area contributed by atoms with Crippen LogP contribution in [0, 0.1) is 14.9 Å². The molecule has 1 heterocycles. The lowest BCUT2D eigenvalue weighted by Crippen LogP contribution is -2.12. The largest absolute Gasteiger partial charge is 0.419 e. The highest BCUT2D eigenvalue weighted by Gasteiger charge is 2.36.